The molecule has 1 aromatic carbocycles. The molecule has 35 heavy (non-hydrogen) atoms. The van der Waals surface area contributed by atoms with Crippen molar-refractivity contribution in [2.24, 2.45) is 7.05 Å². The highest BCUT2D eigenvalue weighted by Gasteiger charge is 2.38. The van der Waals surface area contributed by atoms with E-state index in [1.807, 2.05) is 7.05 Å². The number of nitrogens with zero attached hydrogens (tertiary/aromatic N) is 3. The Morgan fingerprint density at radius 1 is 1.03 bits per heavy atom. The maximum Gasteiger partial charge on any atom is 0.490 e. The van der Waals surface area contributed by atoms with Gasteiger partial charge in [0.15, 0.2) is 0 Å². The van der Waals surface area contributed by atoms with Crippen LogP contribution in [0.3, 0.4) is 0 Å². The zero-order chi connectivity index (χ0) is 25.2. The lowest BCUT2D eigenvalue weighted by Crippen LogP contribution is -2.41. The van der Waals surface area contributed by atoms with Crippen LogP contribution in [0, 0.1) is 0 Å². The number of aliphatic carboxylic acids is 1. The highest BCUT2D eigenvalue weighted by molar-refractivity contribution is 6.04. The Bertz CT molecular complexity index is 1090. The number of hydrogen-bond donors (Lipinski definition) is 2. The fourth-order valence-electron chi connectivity index (χ4n) is 5.09. The molecule has 3 aliphatic rings. The number of alkyl halides is 3. The molecule has 0 spiro atoms. The third kappa shape index (κ3) is 5.86. The molecule has 0 bridgehead atoms. The van der Waals surface area contributed by atoms with Crippen LogP contribution >= 0.6 is 0 Å². The van der Waals surface area contributed by atoms with Crippen LogP contribution in [0.25, 0.3) is 0 Å². The van der Waals surface area contributed by atoms with Gasteiger partial charge in [-0.1, -0.05) is 12.5 Å². The summed E-state index contributed by atoms with van der Waals surface area (Å²) in [6.45, 7) is 2.31. The van der Waals surface area contributed by atoms with Crippen LogP contribution in [-0.2, 0) is 37.5 Å². The summed E-state index contributed by atoms with van der Waals surface area (Å²) in [4.78, 5) is 24.6. The predicted molar refractivity (Wildman–Crippen MR) is 125 cm³/mol. The molecule has 1 amide bonds. The van der Waals surface area contributed by atoms with E-state index in [2.05, 4.69) is 33.5 Å². The summed E-state index contributed by atoms with van der Waals surface area (Å²) in [5, 5.41) is 14.9. The summed E-state index contributed by atoms with van der Waals surface area (Å²) in [5.41, 5.74) is 6.74. The van der Waals surface area contributed by atoms with Crippen molar-refractivity contribution in [2.45, 2.75) is 70.0 Å². The molecule has 2 N–H and O–H groups in total. The van der Waals surface area contributed by atoms with Gasteiger partial charge in [-0.25, -0.2) is 4.79 Å². The summed E-state index contributed by atoms with van der Waals surface area (Å²) in [7, 11) is 1.89. The Hall–Kier alpha value is -2.88. The standard InChI is InChI=1S/C23H30N4O.C2HF3O2/c1-26-22(20-7-2-3-8-21(20)25-26)23(28)24-18-10-9-16-11-13-27(19-5-4-6-19)14-12-17(16)15-18;3-2(4,5)1(6)7/h9-10,15,19H,2-8,11-14H2,1H3,(H,24,28);(H,6,7). The van der Waals surface area contributed by atoms with E-state index in [0.717, 1.165) is 67.3 Å². The number of carbonyl (C=O) groups excluding carboxylic acids is 1. The van der Waals surface area contributed by atoms with Crippen LogP contribution in [0.5, 0.6) is 0 Å². The van der Waals surface area contributed by atoms with Crippen molar-refractivity contribution in [2.75, 3.05) is 18.4 Å². The molecular formula is C25H31F3N4O3. The fourth-order valence-corrected chi connectivity index (χ4v) is 5.09. The number of aromatic nitrogens is 2. The van der Waals surface area contributed by atoms with Gasteiger partial charge in [0, 0.05) is 37.4 Å². The Labute approximate surface area is 202 Å². The third-order valence-corrected chi connectivity index (χ3v) is 7.17. The number of nitrogens with one attached hydrogen (secondary N) is 1. The molecule has 5 rings (SSSR count). The molecule has 0 saturated heterocycles. The van der Waals surface area contributed by atoms with Crippen LogP contribution in [0.15, 0.2) is 18.2 Å². The third-order valence-electron chi connectivity index (χ3n) is 7.17. The lowest BCUT2D eigenvalue weighted by molar-refractivity contribution is -0.192. The number of amides is 1. The number of hydrogen-bond acceptors (Lipinski definition) is 4. The number of carbonyl (C=O) groups is 2. The molecule has 10 heteroatoms. The van der Waals surface area contributed by atoms with E-state index < -0.39 is 12.1 Å². The Balaban J connectivity index is 0.000000364. The second kappa shape index (κ2) is 10.4. The molecule has 1 saturated carbocycles. The van der Waals surface area contributed by atoms with Gasteiger partial charge in [-0.15, -0.1) is 0 Å². The molecule has 2 aromatic rings. The quantitative estimate of drug-likeness (QED) is 0.673. The average Bonchev–Trinajstić information content (AvgIpc) is 2.97. The fraction of sp³-hybridized carbons (Fsp3) is 0.560. The van der Waals surface area contributed by atoms with Crippen LogP contribution in [-0.4, -0.2) is 57.0 Å². The predicted octanol–water partition coefficient (Wildman–Crippen LogP) is 4.14. The molecule has 1 aliphatic heterocycles. The lowest BCUT2D eigenvalue weighted by Gasteiger charge is -2.36. The summed E-state index contributed by atoms with van der Waals surface area (Å²) >= 11 is 0. The molecule has 0 unspecified atom stereocenters. The van der Waals surface area contributed by atoms with Gasteiger partial charge in [-0.2, -0.15) is 18.3 Å². The maximum absolute atomic E-state index is 13.0. The first-order chi connectivity index (χ1) is 16.6. The molecule has 2 aliphatic carbocycles. The topological polar surface area (TPSA) is 87.5 Å². The van der Waals surface area contributed by atoms with Crippen molar-refractivity contribution in [1.29, 1.82) is 0 Å². The first-order valence-corrected chi connectivity index (χ1v) is 12.2. The number of carboxylic acid groups (broad SMARTS) is 1. The monoisotopic (exact) mass is 492 g/mol. The number of rotatable bonds is 3. The van der Waals surface area contributed by atoms with Crippen molar-refractivity contribution >= 4 is 17.6 Å². The van der Waals surface area contributed by atoms with E-state index in [4.69, 9.17) is 9.90 Å². The van der Waals surface area contributed by atoms with Crippen LogP contribution < -0.4 is 5.32 Å². The number of fused-ring (bicyclic) bond motifs is 2. The van der Waals surface area contributed by atoms with E-state index in [9.17, 15) is 18.0 Å². The zero-order valence-electron chi connectivity index (χ0n) is 19.8. The van der Waals surface area contributed by atoms with Gasteiger partial charge in [0.2, 0.25) is 0 Å². The van der Waals surface area contributed by atoms with Crippen molar-refractivity contribution in [3.05, 3.63) is 46.3 Å². The maximum atomic E-state index is 13.0. The normalized spacial score (nSPS) is 18.3. The van der Waals surface area contributed by atoms with Crippen molar-refractivity contribution in [1.82, 2.24) is 14.7 Å². The minimum absolute atomic E-state index is 0.0252. The van der Waals surface area contributed by atoms with E-state index in [-0.39, 0.29) is 5.91 Å². The van der Waals surface area contributed by atoms with Crippen molar-refractivity contribution < 1.29 is 27.9 Å². The number of carboxylic acids is 1. The molecule has 2 heterocycles. The number of halogens is 3. The highest BCUT2D eigenvalue weighted by Crippen LogP contribution is 2.29. The minimum atomic E-state index is -5.08. The average molecular weight is 493 g/mol. The molecule has 0 atom stereocenters. The SMILES string of the molecule is Cn1nc2c(c1C(=O)Nc1ccc3c(c1)CCN(C1CCC1)CC3)CCCC2.O=C(O)C(F)(F)F. The van der Waals surface area contributed by atoms with Gasteiger partial charge in [0.05, 0.1) is 5.69 Å². The van der Waals surface area contributed by atoms with Gasteiger partial charge in [0.1, 0.15) is 5.69 Å². The summed E-state index contributed by atoms with van der Waals surface area (Å²) in [6, 6.07) is 7.29. The highest BCUT2D eigenvalue weighted by atomic mass is 19.4. The zero-order valence-corrected chi connectivity index (χ0v) is 19.8. The van der Waals surface area contributed by atoms with Crippen LogP contribution in [0.4, 0.5) is 18.9 Å². The Kier molecular flexibility index (Phi) is 7.49. The lowest BCUT2D eigenvalue weighted by atomic mass is 9.91. The van der Waals surface area contributed by atoms with E-state index in [1.54, 1.807) is 4.68 Å². The molecule has 0 radical (unpaired) electrons. The van der Waals surface area contributed by atoms with Gasteiger partial charge in [0.25, 0.3) is 5.91 Å². The van der Waals surface area contributed by atoms with Crippen LogP contribution in [0.2, 0.25) is 0 Å². The summed E-state index contributed by atoms with van der Waals surface area (Å²) in [5.74, 6) is -2.78. The van der Waals surface area contributed by atoms with Gasteiger partial charge in [-0.3, -0.25) is 14.4 Å². The Morgan fingerprint density at radius 2 is 1.69 bits per heavy atom. The number of benzene rings is 1. The first-order valence-electron chi connectivity index (χ1n) is 12.2. The van der Waals surface area contributed by atoms with E-state index >= 15 is 0 Å². The largest absolute Gasteiger partial charge is 0.490 e. The van der Waals surface area contributed by atoms with Crippen LogP contribution in [0.1, 0.15) is 65.0 Å². The van der Waals surface area contributed by atoms with Gasteiger partial charge >= 0.3 is 12.1 Å². The second-order valence-electron chi connectivity index (χ2n) is 9.47. The molecule has 190 valence electrons. The molecule has 1 aromatic heterocycles. The summed E-state index contributed by atoms with van der Waals surface area (Å²) < 4.78 is 33.5. The molecule has 7 nitrogen and oxygen atoms in total. The van der Waals surface area contributed by atoms with Crippen molar-refractivity contribution in [3.8, 4) is 0 Å². The molecule has 1 fully saturated rings. The summed E-state index contributed by atoms with van der Waals surface area (Å²) in [6.07, 6.45) is 5.52. The van der Waals surface area contributed by atoms with E-state index in [0.29, 0.717) is 0 Å². The second-order valence-corrected chi connectivity index (χ2v) is 9.47. The van der Waals surface area contributed by atoms with Gasteiger partial charge in [-0.05, 0) is 74.6 Å². The number of anilines is 1. The first kappa shape index (κ1) is 25.2. The van der Waals surface area contributed by atoms with Gasteiger partial charge < -0.3 is 10.4 Å². The molecular weight excluding hydrogens is 461 g/mol. The Morgan fingerprint density at radius 3 is 2.31 bits per heavy atom. The number of aryl methyl sites for hydroxylation is 2. The van der Waals surface area contributed by atoms with E-state index in [1.165, 1.54) is 43.4 Å². The minimum Gasteiger partial charge on any atom is -0.475 e. The smallest absolute Gasteiger partial charge is 0.475 e. The van der Waals surface area contributed by atoms with Crippen molar-refractivity contribution in [3.63, 3.8) is 0 Å².